The van der Waals surface area contributed by atoms with Gasteiger partial charge in [0.2, 0.25) is 5.60 Å². The highest BCUT2D eigenvalue weighted by molar-refractivity contribution is 7.99. The molecule has 0 heterocycles. The second kappa shape index (κ2) is 9.22. The van der Waals surface area contributed by atoms with Gasteiger partial charge in [0, 0.05) is 34.5 Å². The van der Waals surface area contributed by atoms with Crippen LogP contribution in [0.3, 0.4) is 0 Å². The Bertz CT molecular complexity index is 1080. The van der Waals surface area contributed by atoms with E-state index in [0.717, 1.165) is 24.3 Å². The van der Waals surface area contributed by atoms with Gasteiger partial charge >= 0.3 is 12.4 Å². The Morgan fingerprint density at radius 3 is 2.00 bits per heavy atom. The van der Waals surface area contributed by atoms with Crippen molar-refractivity contribution in [3.63, 3.8) is 0 Å². The number of thioether (sulfide) groups is 1. The molecule has 16 heteroatoms. The molecule has 0 bridgehead atoms. The third-order valence-electron chi connectivity index (χ3n) is 4.10. The number of rotatable bonds is 7. The van der Waals surface area contributed by atoms with Crippen LogP contribution in [-0.4, -0.2) is 38.4 Å². The lowest BCUT2D eigenvalue weighted by molar-refractivity contribution is -0.388. The maximum absolute atomic E-state index is 13.5. The molecule has 33 heavy (non-hydrogen) atoms. The van der Waals surface area contributed by atoms with Crippen molar-refractivity contribution >= 4 is 34.7 Å². The molecular formula is C17H11F6N3O6S. The Kier molecular flexibility index (Phi) is 7.23. The van der Waals surface area contributed by atoms with Gasteiger partial charge in [-0.05, 0) is 24.3 Å². The first-order chi connectivity index (χ1) is 15.1. The molecule has 0 aliphatic carbocycles. The molecule has 2 aromatic rings. The number of anilines is 1. The number of hydrogen-bond acceptors (Lipinski definition) is 7. The van der Waals surface area contributed by atoms with Crippen molar-refractivity contribution in [3.8, 4) is 0 Å². The second-order valence-corrected chi connectivity index (χ2v) is 7.39. The summed E-state index contributed by atoms with van der Waals surface area (Å²) in [5, 5.41) is 32.9. The van der Waals surface area contributed by atoms with Gasteiger partial charge in [-0.25, -0.2) is 0 Å². The lowest BCUT2D eigenvalue weighted by Crippen LogP contribution is -2.56. The minimum atomic E-state index is -5.57. The molecule has 0 saturated carbocycles. The molecular weight excluding hydrogens is 488 g/mol. The highest BCUT2D eigenvalue weighted by Crippen LogP contribution is 2.39. The Labute approximate surface area is 183 Å². The lowest BCUT2D eigenvalue weighted by atomic mass is 10.0. The average Bonchev–Trinajstić information content (AvgIpc) is 2.70. The summed E-state index contributed by atoms with van der Waals surface area (Å²) in [7, 11) is 0. The van der Waals surface area contributed by atoms with Crippen LogP contribution < -0.4 is 5.32 Å². The van der Waals surface area contributed by atoms with E-state index in [1.165, 1.54) is 5.32 Å². The lowest BCUT2D eigenvalue weighted by Gasteiger charge is -2.29. The monoisotopic (exact) mass is 499 g/mol. The van der Waals surface area contributed by atoms with E-state index in [9.17, 15) is 56.5 Å². The molecule has 0 radical (unpaired) electrons. The zero-order valence-electron chi connectivity index (χ0n) is 15.8. The molecule has 1 atom stereocenters. The van der Waals surface area contributed by atoms with Crippen LogP contribution in [0.1, 0.15) is 5.56 Å². The third kappa shape index (κ3) is 5.89. The number of benzene rings is 2. The van der Waals surface area contributed by atoms with Gasteiger partial charge in [0.15, 0.2) is 0 Å². The zero-order valence-corrected chi connectivity index (χ0v) is 16.6. The molecule has 0 aliphatic rings. The Hall–Kier alpha value is -3.40. The first kappa shape index (κ1) is 25.9. The number of alkyl halides is 6. The molecule has 0 aromatic heterocycles. The van der Waals surface area contributed by atoms with Crippen molar-refractivity contribution in [2.75, 3.05) is 11.1 Å². The number of nitrogens with one attached hydrogen (secondary N) is 1. The quantitative estimate of drug-likeness (QED) is 0.247. The molecule has 0 fully saturated rings. The smallest absolute Gasteiger partial charge is 0.372 e. The number of non-ortho nitro benzene ring substituents is 1. The van der Waals surface area contributed by atoms with Gasteiger partial charge in [-0.2, -0.15) is 26.3 Å². The zero-order chi connectivity index (χ0) is 25.2. The largest absolute Gasteiger partial charge is 0.427 e. The van der Waals surface area contributed by atoms with E-state index in [4.69, 9.17) is 0 Å². The van der Waals surface area contributed by atoms with Crippen LogP contribution in [0.4, 0.5) is 43.4 Å². The predicted molar refractivity (Wildman–Crippen MR) is 102 cm³/mol. The van der Waals surface area contributed by atoms with Crippen molar-refractivity contribution in [2.24, 2.45) is 0 Å². The summed E-state index contributed by atoms with van der Waals surface area (Å²) >= 11 is 0.305. The van der Waals surface area contributed by atoms with E-state index >= 15 is 0 Å². The Morgan fingerprint density at radius 2 is 1.55 bits per heavy atom. The Morgan fingerprint density at radius 1 is 0.970 bits per heavy atom. The maximum Gasteiger partial charge on any atom is 0.427 e. The van der Waals surface area contributed by atoms with Crippen molar-refractivity contribution in [2.45, 2.75) is 22.8 Å². The fourth-order valence-electron chi connectivity index (χ4n) is 2.36. The third-order valence-corrected chi connectivity index (χ3v) is 5.26. The van der Waals surface area contributed by atoms with Crippen LogP contribution in [0, 0.1) is 20.2 Å². The SMILES string of the molecule is O=C(Nc1ccc([N+](=O)[O-])c(C(F)(F)F)c1)C(O)(CSc1ccc([N+](=O)[O-])cc1)C(F)(F)F. The molecule has 178 valence electrons. The molecule has 2 aromatic carbocycles. The molecule has 0 saturated heterocycles. The number of hydrogen-bond donors (Lipinski definition) is 2. The van der Waals surface area contributed by atoms with Crippen molar-refractivity contribution in [1.82, 2.24) is 0 Å². The highest BCUT2D eigenvalue weighted by atomic mass is 32.2. The van der Waals surface area contributed by atoms with Crippen LogP contribution in [0.2, 0.25) is 0 Å². The van der Waals surface area contributed by atoms with Gasteiger partial charge in [0.05, 0.1) is 9.85 Å². The number of amides is 1. The number of nitro groups is 2. The summed E-state index contributed by atoms with van der Waals surface area (Å²) in [4.78, 5) is 31.5. The summed E-state index contributed by atoms with van der Waals surface area (Å²) in [6, 6.07) is 5.08. The molecule has 0 spiro atoms. The van der Waals surface area contributed by atoms with Crippen LogP contribution >= 0.6 is 11.8 Å². The predicted octanol–water partition coefficient (Wildman–Crippen LogP) is 4.55. The van der Waals surface area contributed by atoms with Crippen molar-refractivity contribution in [1.29, 1.82) is 0 Å². The number of nitro benzene ring substituents is 2. The number of aliphatic hydroxyl groups is 1. The van der Waals surface area contributed by atoms with Gasteiger partial charge < -0.3 is 10.4 Å². The molecule has 2 N–H and O–H groups in total. The number of nitrogens with zero attached hydrogens (tertiary/aromatic N) is 2. The van der Waals surface area contributed by atoms with Gasteiger partial charge in [0.1, 0.15) is 5.56 Å². The minimum absolute atomic E-state index is 0.0192. The normalized spacial score (nSPS) is 13.8. The van der Waals surface area contributed by atoms with E-state index in [1.54, 1.807) is 0 Å². The van der Waals surface area contributed by atoms with Crippen molar-refractivity contribution in [3.05, 3.63) is 68.3 Å². The minimum Gasteiger partial charge on any atom is -0.372 e. The summed E-state index contributed by atoms with van der Waals surface area (Å²) in [6.07, 6.45) is -10.8. The van der Waals surface area contributed by atoms with Crippen LogP contribution in [0.5, 0.6) is 0 Å². The van der Waals surface area contributed by atoms with Crippen LogP contribution in [0.15, 0.2) is 47.4 Å². The van der Waals surface area contributed by atoms with Gasteiger partial charge in [-0.3, -0.25) is 25.0 Å². The second-order valence-electron chi connectivity index (χ2n) is 6.34. The van der Waals surface area contributed by atoms with E-state index in [1.807, 2.05) is 0 Å². The van der Waals surface area contributed by atoms with E-state index in [2.05, 4.69) is 0 Å². The average molecular weight is 499 g/mol. The fraction of sp³-hybridized carbons (Fsp3) is 0.235. The molecule has 2 rings (SSSR count). The van der Waals surface area contributed by atoms with E-state index in [-0.39, 0.29) is 16.6 Å². The topological polar surface area (TPSA) is 136 Å². The van der Waals surface area contributed by atoms with Gasteiger partial charge in [-0.15, -0.1) is 11.8 Å². The van der Waals surface area contributed by atoms with Crippen molar-refractivity contribution < 1.29 is 46.1 Å². The molecule has 0 aliphatic heterocycles. The molecule has 9 nitrogen and oxygen atoms in total. The van der Waals surface area contributed by atoms with Gasteiger partial charge in [-0.1, -0.05) is 0 Å². The molecule has 1 amide bonds. The first-order valence-corrected chi connectivity index (χ1v) is 9.38. The summed E-state index contributed by atoms with van der Waals surface area (Å²) in [5.74, 6) is -3.48. The first-order valence-electron chi connectivity index (χ1n) is 8.39. The maximum atomic E-state index is 13.5. The standard InChI is InChI=1S/C17H11F6N3O6S/c18-16(19,20)12-7-9(1-6-13(12)26(31)32)24-14(27)15(28,17(21,22)23)8-33-11-4-2-10(3-5-11)25(29)30/h1-7,28H,8H2,(H,24,27). The summed E-state index contributed by atoms with van der Waals surface area (Å²) in [5.41, 5.74) is -8.52. The Balaban J connectivity index is 2.30. The number of carbonyl (C=O) groups excluding carboxylic acids is 1. The van der Waals surface area contributed by atoms with E-state index in [0.29, 0.717) is 23.9 Å². The number of carbonyl (C=O) groups is 1. The van der Waals surface area contributed by atoms with Crippen LogP contribution in [-0.2, 0) is 11.0 Å². The number of halogens is 6. The summed E-state index contributed by atoms with van der Waals surface area (Å²) < 4.78 is 79.6. The van der Waals surface area contributed by atoms with Crippen LogP contribution in [0.25, 0.3) is 0 Å². The highest BCUT2D eigenvalue weighted by Gasteiger charge is 2.59. The molecule has 1 unspecified atom stereocenters. The van der Waals surface area contributed by atoms with E-state index < -0.39 is 56.4 Å². The van der Waals surface area contributed by atoms with Gasteiger partial charge in [0.25, 0.3) is 17.3 Å². The summed E-state index contributed by atoms with van der Waals surface area (Å²) in [6.45, 7) is 0. The fourth-order valence-corrected chi connectivity index (χ4v) is 3.36.